The summed E-state index contributed by atoms with van der Waals surface area (Å²) in [6.45, 7) is 0.851. The molecule has 0 heterocycles. The van der Waals surface area contributed by atoms with Gasteiger partial charge in [0, 0.05) is 20.1 Å². The third-order valence-corrected chi connectivity index (χ3v) is 3.07. The molecule has 2 aromatic carbocycles. The van der Waals surface area contributed by atoms with Crippen LogP contribution in [0.3, 0.4) is 0 Å². The van der Waals surface area contributed by atoms with Gasteiger partial charge in [0.05, 0.1) is 0 Å². The Kier molecular flexibility index (Phi) is 7.73. The number of nitrogens with one attached hydrogen (secondary N) is 2. The highest BCUT2D eigenvalue weighted by Crippen LogP contribution is 2.15. The molecule has 3 N–H and O–H groups in total. The number of halogens is 3. The summed E-state index contributed by atoms with van der Waals surface area (Å²) in [6.07, 6.45) is 0. The van der Waals surface area contributed by atoms with Gasteiger partial charge in [0.15, 0.2) is 17.5 Å². The third kappa shape index (κ3) is 6.01. The minimum atomic E-state index is -0.659. The molecule has 124 valence electrons. The molecular formula is C16H18F2IN3O. The van der Waals surface area contributed by atoms with E-state index in [-0.39, 0.29) is 35.5 Å². The van der Waals surface area contributed by atoms with Crippen molar-refractivity contribution in [1.29, 1.82) is 0 Å². The van der Waals surface area contributed by atoms with Crippen LogP contribution in [0.4, 0.5) is 8.78 Å². The lowest BCUT2D eigenvalue weighted by atomic mass is 10.2. The quantitative estimate of drug-likeness (QED) is 0.395. The van der Waals surface area contributed by atoms with E-state index in [4.69, 9.17) is 5.11 Å². The first kappa shape index (κ1) is 19.1. The SMILES string of the molecule is CN=C(NCc1ccc(F)cc1)NCc1ccc(O)c(F)c1.I. The standard InChI is InChI=1S/C16H17F2N3O.HI/c1-19-16(20-9-11-2-5-13(17)6-3-11)21-10-12-4-7-15(22)14(18)8-12;/h2-8,22H,9-10H2,1H3,(H2,19,20,21);1H. The normalized spacial score (nSPS) is 10.8. The molecule has 7 heteroatoms. The van der Waals surface area contributed by atoms with Crippen molar-refractivity contribution in [1.82, 2.24) is 10.6 Å². The molecule has 0 bridgehead atoms. The van der Waals surface area contributed by atoms with Crippen LogP contribution in [-0.2, 0) is 13.1 Å². The maximum atomic E-state index is 13.2. The Labute approximate surface area is 150 Å². The fourth-order valence-corrected chi connectivity index (χ4v) is 1.85. The van der Waals surface area contributed by atoms with E-state index in [1.165, 1.54) is 24.3 Å². The molecule has 0 aliphatic carbocycles. The molecule has 0 fully saturated rings. The van der Waals surface area contributed by atoms with Gasteiger partial charge in [-0.2, -0.15) is 0 Å². The molecule has 23 heavy (non-hydrogen) atoms. The summed E-state index contributed by atoms with van der Waals surface area (Å²) >= 11 is 0. The Balaban J connectivity index is 0.00000264. The number of phenols is 1. The molecule has 0 spiro atoms. The summed E-state index contributed by atoms with van der Waals surface area (Å²) in [5.41, 5.74) is 1.60. The van der Waals surface area contributed by atoms with E-state index in [1.54, 1.807) is 25.2 Å². The molecule has 0 radical (unpaired) electrons. The van der Waals surface area contributed by atoms with Crippen molar-refractivity contribution >= 4 is 29.9 Å². The maximum Gasteiger partial charge on any atom is 0.191 e. The minimum Gasteiger partial charge on any atom is -0.505 e. The molecule has 0 amide bonds. The third-order valence-electron chi connectivity index (χ3n) is 3.07. The molecule has 0 aliphatic rings. The van der Waals surface area contributed by atoms with E-state index in [1.807, 2.05) is 0 Å². The average molecular weight is 433 g/mol. The summed E-state index contributed by atoms with van der Waals surface area (Å²) in [4.78, 5) is 4.05. The molecule has 0 aliphatic heterocycles. The second kappa shape index (κ2) is 9.29. The van der Waals surface area contributed by atoms with Crippen LogP contribution in [0.5, 0.6) is 5.75 Å². The van der Waals surface area contributed by atoms with Crippen molar-refractivity contribution in [3.63, 3.8) is 0 Å². The summed E-state index contributed by atoms with van der Waals surface area (Å²) in [5, 5.41) is 15.2. The van der Waals surface area contributed by atoms with E-state index in [0.717, 1.165) is 5.56 Å². The van der Waals surface area contributed by atoms with E-state index in [9.17, 15) is 8.78 Å². The molecule has 0 saturated heterocycles. The van der Waals surface area contributed by atoms with E-state index in [0.29, 0.717) is 24.6 Å². The van der Waals surface area contributed by atoms with E-state index >= 15 is 0 Å². The summed E-state index contributed by atoms with van der Waals surface area (Å²) in [5.74, 6) is -0.769. The molecular weight excluding hydrogens is 415 g/mol. The summed E-state index contributed by atoms with van der Waals surface area (Å²) in [6, 6.07) is 10.4. The lowest BCUT2D eigenvalue weighted by Crippen LogP contribution is -2.36. The molecule has 0 atom stereocenters. The zero-order valence-corrected chi connectivity index (χ0v) is 14.8. The van der Waals surface area contributed by atoms with Gasteiger partial charge in [-0.25, -0.2) is 8.78 Å². The monoisotopic (exact) mass is 433 g/mol. The van der Waals surface area contributed by atoms with Gasteiger partial charge in [-0.15, -0.1) is 24.0 Å². The van der Waals surface area contributed by atoms with Crippen molar-refractivity contribution < 1.29 is 13.9 Å². The Morgan fingerprint density at radius 2 is 1.57 bits per heavy atom. The van der Waals surface area contributed by atoms with Crippen LogP contribution in [-0.4, -0.2) is 18.1 Å². The highest BCUT2D eigenvalue weighted by atomic mass is 127. The second-order valence-corrected chi connectivity index (χ2v) is 4.69. The van der Waals surface area contributed by atoms with Gasteiger partial charge in [-0.1, -0.05) is 18.2 Å². The molecule has 0 saturated carbocycles. The Morgan fingerprint density at radius 3 is 2.13 bits per heavy atom. The van der Waals surface area contributed by atoms with Gasteiger partial charge in [0.2, 0.25) is 0 Å². The zero-order valence-electron chi connectivity index (χ0n) is 12.5. The first-order chi connectivity index (χ1) is 10.6. The van der Waals surface area contributed by atoms with Crippen molar-refractivity contribution in [2.75, 3.05) is 7.05 Å². The smallest absolute Gasteiger partial charge is 0.191 e. The number of phenolic OH excluding ortho intramolecular Hbond substituents is 1. The van der Waals surface area contributed by atoms with Crippen LogP contribution in [0.25, 0.3) is 0 Å². The van der Waals surface area contributed by atoms with Crippen molar-refractivity contribution in [3.05, 3.63) is 65.2 Å². The topological polar surface area (TPSA) is 56.7 Å². The second-order valence-electron chi connectivity index (χ2n) is 4.69. The van der Waals surface area contributed by atoms with Crippen LogP contribution in [0.15, 0.2) is 47.5 Å². The van der Waals surface area contributed by atoms with Crippen molar-refractivity contribution in [2.45, 2.75) is 13.1 Å². The first-order valence-corrected chi connectivity index (χ1v) is 6.75. The van der Waals surface area contributed by atoms with Crippen LogP contribution >= 0.6 is 24.0 Å². The molecule has 0 aromatic heterocycles. The minimum absolute atomic E-state index is 0. The lowest BCUT2D eigenvalue weighted by Gasteiger charge is -2.12. The first-order valence-electron chi connectivity index (χ1n) is 6.75. The van der Waals surface area contributed by atoms with Gasteiger partial charge < -0.3 is 15.7 Å². The Morgan fingerprint density at radius 1 is 1.00 bits per heavy atom. The van der Waals surface area contributed by atoms with Gasteiger partial charge in [-0.05, 0) is 35.4 Å². The maximum absolute atomic E-state index is 13.2. The Bertz CT molecular complexity index is 663. The average Bonchev–Trinajstić information content (AvgIpc) is 2.52. The van der Waals surface area contributed by atoms with E-state index in [2.05, 4.69) is 15.6 Å². The van der Waals surface area contributed by atoms with E-state index < -0.39 is 5.82 Å². The highest BCUT2D eigenvalue weighted by Gasteiger charge is 2.03. The number of guanidine groups is 1. The number of aromatic hydroxyl groups is 1. The summed E-state index contributed by atoms with van der Waals surface area (Å²) in [7, 11) is 1.62. The van der Waals surface area contributed by atoms with Gasteiger partial charge in [-0.3, -0.25) is 4.99 Å². The van der Waals surface area contributed by atoms with Crippen molar-refractivity contribution in [2.24, 2.45) is 4.99 Å². The molecule has 4 nitrogen and oxygen atoms in total. The van der Waals surface area contributed by atoms with Gasteiger partial charge in [0.25, 0.3) is 0 Å². The fourth-order valence-electron chi connectivity index (χ4n) is 1.85. The lowest BCUT2D eigenvalue weighted by molar-refractivity contribution is 0.431. The predicted molar refractivity (Wildman–Crippen MR) is 96.9 cm³/mol. The highest BCUT2D eigenvalue weighted by molar-refractivity contribution is 14.0. The number of aliphatic imine (C=N–C) groups is 1. The van der Waals surface area contributed by atoms with Gasteiger partial charge >= 0.3 is 0 Å². The molecule has 2 aromatic rings. The van der Waals surface area contributed by atoms with Crippen LogP contribution in [0.1, 0.15) is 11.1 Å². The zero-order chi connectivity index (χ0) is 15.9. The largest absolute Gasteiger partial charge is 0.505 e. The van der Waals surface area contributed by atoms with Crippen LogP contribution in [0.2, 0.25) is 0 Å². The fraction of sp³-hybridized carbons (Fsp3) is 0.188. The number of rotatable bonds is 4. The Hall–Kier alpha value is -1.90. The number of nitrogens with zero attached hydrogens (tertiary/aromatic N) is 1. The van der Waals surface area contributed by atoms with Crippen LogP contribution < -0.4 is 10.6 Å². The molecule has 2 rings (SSSR count). The number of benzene rings is 2. The van der Waals surface area contributed by atoms with Crippen molar-refractivity contribution in [3.8, 4) is 5.75 Å². The van der Waals surface area contributed by atoms with Gasteiger partial charge in [0.1, 0.15) is 5.82 Å². The van der Waals surface area contributed by atoms with Crippen LogP contribution in [0, 0.1) is 11.6 Å². The predicted octanol–water partition coefficient (Wildman–Crippen LogP) is 3.15. The number of hydrogen-bond acceptors (Lipinski definition) is 2. The number of hydrogen-bond donors (Lipinski definition) is 3. The summed E-state index contributed by atoms with van der Waals surface area (Å²) < 4.78 is 26.0. The molecule has 0 unspecified atom stereocenters.